The van der Waals surface area contributed by atoms with Crippen molar-refractivity contribution in [2.24, 2.45) is 10.2 Å². The summed E-state index contributed by atoms with van der Waals surface area (Å²) < 4.78 is 0. The molecule has 2 rings (SSSR count). The van der Waals surface area contributed by atoms with Crippen molar-refractivity contribution in [1.29, 1.82) is 0 Å². The molecule has 52 valence electrons. The third-order valence-corrected chi connectivity index (χ3v) is 1.55. The number of hydrogen-bond donors (Lipinski definition) is 0. The summed E-state index contributed by atoms with van der Waals surface area (Å²) in [5.74, 6) is 1.83. The van der Waals surface area contributed by atoms with Crippen molar-refractivity contribution in [3.05, 3.63) is 28.6 Å². The van der Waals surface area contributed by atoms with Crippen molar-refractivity contribution >= 4 is 17.8 Å². The minimum atomic E-state index is 0.521. The number of carbonyl (C=O) groups excluding carboxylic acids is 1. The van der Waals surface area contributed by atoms with Crippen molar-refractivity contribution < 1.29 is 4.79 Å². The maximum Gasteiger partial charge on any atom is 0.133 e. The lowest BCUT2D eigenvalue weighted by atomic mass is 10.2. The number of nitrogens with zero attached hydrogens (tertiary/aromatic N) is 2. The summed E-state index contributed by atoms with van der Waals surface area (Å²) >= 11 is 0. The molecule has 0 aromatic heterocycles. The van der Waals surface area contributed by atoms with Crippen molar-refractivity contribution in [1.82, 2.24) is 0 Å². The van der Waals surface area contributed by atoms with Crippen LogP contribution in [0.2, 0.25) is 0 Å². The number of azo groups is 1. The molecule has 0 radical (unpaired) electrons. The predicted octanol–water partition coefficient (Wildman–Crippen LogP) is 0.0251. The van der Waals surface area contributed by atoms with E-state index in [2.05, 4.69) is 10.2 Å². The standard InChI is InChI=1S/C8H4N2O/c11-5-6-2-1-3-8-7(6)4-9-10-8/h1-4H. The van der Waals surface area contributed by atoms with Gasteiger partial charge < -0.3 is 0 Å². The summed E-state index contributed by atoms with van der Waals surface area (Å²) in [6, 6.07) is 5.26. The number of hydrogen-bond acceptors (Lipinski definition) is 3. The van der Waals surface area contributed by atoms with Gasteiger partial charge in [0, 0.05) is 5.22 Å². The lowest BCUT2D eigenvalue weighted by molar-refractivity contribution is 0.567. The monoisotopic (exact) mass is 144 g/mol. The molecule has 0 N–H and O–H groups in total. The zero-order valence-corrected chi connectivity index (χ0v) is 5.61. The molecule has 0 atom stereocenters. The largest absolute Gasteiger partial charge is 0.233 e. The molecule has 1 aliphatic rings. The van der Waals surface area contributed by atoms with Gasteiger partial charge in [0.25, 0.3) is 0 Å². The van der Waals surface area contributed by atoms with Gasteiger partial charge in [-0.15, -0.1) is 0 Å². The van der Waals surface area contributed by atoms with Crippen LogP contribution < -0.4 is 10.4 Å². The molecular formula is C8H4N2O. The van der Waals surface area contributed by atoms with Gasteiger partial charge in [0.2, 0.25) is 0 Å². The van der Waals surface area contributed by atoms with Crippen LogP contribution in [0.15, 0.2) is 28.4 Å². The molecule has 0 fully saturated rings. The normalized spacial score (nSPS) is 12.0. The fourth-order valence-corrected chi connectivity index (χ4v) is 1.01. The maximum absolute atomic E-state index is 10.3. The Labute approximate surface area is 62.4 Å². The van der Waals surface area contributed by atoms with Gasteiger partial charge in [0.1, 0.15) is 5.94 Å². The molecular weight excluding hydrogens is 140 g/mol. The second kappa shape index (κ2) is 2.15. The summed E-state index contributed by atoms with van der Waals surface area (Å²) in [7, 11) is 0. The van der Waals surface area contributed by atoms with Crippen LogP contribution in [0.4, 0.5) is 5.69 Å². The molecule has 3 nitrogen and oxygen atoms in total. The van der Waals surface area contributed by atoms with Crippen LogP contribution in [-0.2, 0) is 4.79 Å². The Morgan fingerprint density at radius 1 is 1.36 bits per heavy atom. The first-order valence-electron chi connectivity index (χ1n) is 3.17. The molecule has 1 aliphatic heterocycles. The molecule has 0 unspecified atom stereocenters. The molecule has 0 aliphatic carbocycles. The highest BCUT2D eigenvalue weighted by Gasteiger charge is 1.98. The Morgan fingerprint density at radius 3 is 3.09 bits per heavy atom. The van der Waals surface area contributed by atoms with Crippen LogP contribution in [0.5, 0.6) is 0 Å². The first-order chi connectivity index (χ1) is 5.42. The first kappa shape index (κ1) is 6.01. The molecule has 1 aromatic carbocycles. The molecule has 0 amide bonds. The molecule has 0 spiro atoms. The molecule has 11 heavy (non-hydrogen) atoms. The lowest BCUT2D eigenvalue weighted by Crippen LogP contribution is -2.23. The van der Waals surface area contributed by atoms with Crippen molar-refractivity contribution in [2.75, 3.05) is 0 Å². The van der Waals surface area contributed by atoms with Crippen LogP contribution in [0, 0.1) is 0 Å². The summed E-state index contributed by atoms with van der Waals surface area (Å²) in [6.45, 7) is 0. The van der Waals surface area contributed by atoms with Crippen LogP contribution in [0.1, 0.15) is 0 Å². The Hall–Kier alpha value is -1.73. The van der Waals surface area contributed by atoms with E-state index < -0.39 is 0 Å². The Balaban J connectivity index is 3.04. The van der Waals surface area contributed by atoms with E-state index in [0.29, 0.717) is 5.22 Å². The van der Waals surface area contributed by atoms with E-state index >= 15 is 0 Å². The molecule has 0 saturated carbocycles. The Morgan fingerprint density at radius 2 is 2.27 bits per heavy atom. The highest BCUT2D eigenvalue weighted by atomic mass is 16.1. The van der Waals surface area contributed by atoms with E-state index in [-0.39, 0.29) is 0 Å². The lowest BCUT2D eigenvalue weighted by Gasteiger charge is -1.84. The zero-order chi connectivity index (χ0) is 7.68. The summed E-state index contributed by atoms with van der Waals surface area (Å²) in [6.07, 6.45) is 1.57. The number of rotatable bonds is 0. The molecule has 0 bridgehead atoms. The van der Waals surface area contributed by atoms with E-state index in [0.717, 1.165) is 10.9 Å². The first-order valence-corrected chi connectivity index (χ1v) is 3.17. The van der Waals surface area contributed by atoms with Crippen molar-refractivity contribution in [2.45, 2.75) is 0 Å². The van der Waals surface area contributed by atoms with Gasteiger partial charge in [0.05, 0.1) is 17.1 Å². The van der Waals surface area contributed by atoms with E-state index in [1.54, 1.807) is 18.3 Å². The average molecular weight is 144 g/mol. The minimum Gasteiger partial charge on any atom is -0.233 e. The predicted molar refractivity (Wildman–Crippen MR) is 39.5 cm³/mol. The van der Waals surface area contributed by atoms with Gasteiger partial charge in [-0.1, -0.05) is 6.07 Å². The Bertz CT molecular complexity index is 455. The molecule has 0 saturated heterocycles. The van der Waals surface area contributed by atoms with Gasteiger partial charge in [-0.2, -0.15) is 10.2 Å². The van der Waals surface area contributed by atoms with Gasteiger partial charge in [-0.25, -0.2) is 4.79 Å². The molecule has 1 aromatic rings. The van der Waals surface area contributed by atoms with Gasteiger partial charge in [-0.3, -0.25) is 0 Å². The molecule has 3 heteroatoms. The van der Waals surface area contributed by atoms with Crippen LogP contribution >= 0.6 is 0 Å². The van der Waals surface area contributed by atoms with Gasteiger partial charge >= 0.3 is 0 Å². The van der Waals surface area contributed by atoms with Crippen LogP contribution in [0.25, 0.3) is 6.20 Å². The Kier molecular flexibility index (Phi) is 1.17. The topological polar surface area (TPSA) is 41.8 Å². The zero-order valence-electron chi connectivity index (χ0n) is 5.61. The van der Waals surface area contributed by atoms with Crippen molar-refractivity contribution in [3.8, 4) is 0 Å². The van der Waals surface area contributed by atoms with E-state index in [1.165, 1.54) is 0 Å². The summed E-state index contributed by atoms with van der Waals surface area (Å²) in [5.41, 5.74) is 0.742. The van der Waals surface area contributed by atoms with E-state index in [9.17, 15) is 4.79 Å². The second-order valence-electron chi connectivity index (χ2n) is 2.19. The third kappa shape index (κ3) is 0.791. The number of benzene rings is 1. The fourth-order valence-electron chi connectivity index (χ4n) is 1.01. The third-order valence-electron chi connectivity index (χ3n) is 1.55. The maximum atomic E-state index is 10.3. The van der Waals surface area contributed by atoms with Gasteiger partial charge in [0.15, 0.2) is 0 Å². The SMILES string of the molecule is O=C=c1cccc2c1=CN=N2. The van der Waals surface area contributed by atoms with Crippen LogP contribution in [0.3, 0.4) is 0 Å². The van der Waals surface area contributed by atoms with E-state index in [1.807, 2.05) is 12.0 Å². The quantitative estimate of drug-likeness (QED) is 0.506. The fraction of sp³-hybridized carbons (Fsp3) is 0. The number of fused-ring (bicyclic) bond motifs is 1. The highest BCUT2D eigenvalue weighted by molar-refractivity contribution is 5.55. The molecule has 1 heterocycles. The van der Waals surface area contributed by atoms with Gasteiger partial charge in [-0.05, 0) is 12.1 Å². The van der Waals surface area contributed by atoms with E-state index in [4.69, 9.17) is 0 Å². The minimum absolute atomic E-state index is 0.521. The van der Waals surface area contributed by atoms with Crippen molar-refractivity contribution in [3.63, 3.8) is 0 Å². The summed E-state index contributed by atoms with van der Waals surface area (Å²) in [5, 5.41) is 8.77. The summed E-state index contributed by atoms with van der Waals surface area (Å²) in [4.78, 5) is 10.3. The average Bonchev–Trinajstić information content (AvgIpc) is 2.50. The smallest absolute Gasteiger partial charge is 0.133 e. The highest BCUT2D eigenvalue weighted by Crippen LogP contribution is 2.06. The second-order valence-corrected chi connectivity index (χ2v) is 2.19. The van der Waals surface area contributed by atoms with Crippen LogP contribution in [-0.4, -0.2) is 5.94 Å².